The molecule has 0 saturated heterocycles. The van der Waals surface area contributed by atoms with E-state index in [1.54, 1.807) is 17.6 Å². The average Bonchev–Trinajstić information content (AvgIpc) is 3.00. The second-order valence-electron chi connectivity index (χ2n) is 5.74. The minimum Gasteiger partial charge on any atom is -0.444 e. The number of hydrogen-bond donors (Lipinski definition) is 2. The SMILES string of the molecule is CC(CN)(NC(=O)Cc1coc(-c2cccs2)n1)C1CC1. The molecule has 112 valence electrons. The van der Waals surface area contributed by atoms with Crippen LogP contribution in [0.1, 0.15) is 25.5 Å². The lowest BCUT2D eigenvalue weighted by Gasteiger charge is -2.29. The quantitative estimate of drug-likeness (QED) is 0.857. The first-order chi connectivity index (χ1) is 10.1. The van der Waals surface area contributed by atoms with E-state index in [2.05, 4.69) is 10.3 Å². The van der Waals surface area contributed by atoms with Crippen molar-refractivity contribution in [1.29, 1.82) is 0 Å². The highest BCUT2D eigenvalue weighted by Crippen LogP contribution is 2.39. The van der Waals surface area contributed by atoms with Crippen LogP contribution < -0.4 is 11.1 Å². The number of thiophene rings is 1. The molecule has 0 aromatic carbocycles. The third-order valence-corrected chi connectivity index (χ3v) is 4.81. The summed E-state index contributed by atoms with van der Waals surface area (Å²) in [7, 11) is 0. The van der Waals surface area contributed by atoms with Crippen LogP contribution in [0.2, 0.25) is 0 Å². The number of nitrogens with zero attached hydrogens (tertiary/aromatic N) is 1. The standard InChI is InChI=1S/C15H19N3O2S/c1-15(9-16,10-4-5-10)18-13(19)7-11-8-20-14(17-11)12-3-2-6-21-12/h2-3,6,8,10H,4-5,7,9,16H2,1H3,(H,18,19). The number of oxazole rings is 1. The smallest absolute Gasteiger partial charge is 0.236 e. The molecule has 2 aromatic rings. The molecule has 3 N–H and O–H groups in total. The zero-order valence-electron chi connectivity index (χ0n) is 12.0. The maximum absolute atomic E-state index is 12.2. The fourth-order valence-electron chi connectivity index (χ4n) is 2.47. The summed E-state index contributed by atoms with van der Waals surface area (Å²) < 4.78 is 5.42. The maximum Gasteiger partial charge on any atom is 0.236 e. The highest BCUT2D eigenvalue weighted by Gasteiger charge is 2.41. The largest absolute Gasteiger partial charge is 0.444 e. The summed E-state index contributed by atoms with van der Waals surface area (Å²) in [5.41, 5.74) is 6.16. The topological polar surface area (TPSA) is 81.1 Å². The Kier molecular flexibility index (Phi) is 3.82. The van der Waals surface area contributed by atoms with Crippen LogP contribution in [0.15, 0.2) is 28.2 Å². The van der Waals surface area contributed by atoms with Crippen LogP contribution in [0.4, 0.5) is 0 Å². The minimum absolute atomic E-state index is 0.0547. The zero-order valence-corrected chi connectivity index (χ0v) is 12.8. The number of hydrogen-bond acceptors (Lipinski definition) is 5. The molecule has 0 spiro atoms. The van der Waals surface area contributed by atoms with E-state index in [-0.39, 0.29) is 17.9 Å². The molecule has 6 heteroatoms. The molecule has 1 fully saturated rings. The maximum atomic E-state index is 12.2. The van der Waals surface area contributed by atoms with Crippen LogP contribution in [-0.4, -0.2) is 23.0 Å². The Morgan fingerprint density at radius 2 is 2.43 bits per heavy atom. The van der Waals surface area contributed by atoms with Gasteiger partial charge in [0.15, 0.2) is 0 Å². The van der Waals surface area contributed by atoms with Gasteiger partial charge in [-0.2, -0.15) is 0 Å². The fourth-order valence-corrected chi connectivity index (χ4v) is 3.12. The van der Waals surface area contributed by atoms with Gasteiger partial charge >= 0.3 is 0 Å². The van der Waals surface area contributed by atoms with Gasteiger partial charge in [-0.3, -0.25) is 4.79 Å². The van der Waals surface area contributed by atoms with E-state index >= 15 is 0 Å². The lowest BCUT2D eigenvalue weighted by atomic mass is 9.95. The molecule has 1 amide bonds. The Morgan fingerprint density at radius 3 is 3.05 bits per heavy atom. The predicted octanol–water partition coefficient (Wildman–Crippen LogP) is 2.19. The van der Waals surface area contributed by atoms with Crippen LogP contribution in [0.5, 0.6) is 0 Å². The molecule has 2 aromatic heterocycles. The summed E-state index contributed by atoms with van der Waals surface area (Å²) in [6.07, 6.45) is 4.05. The molecular formula is C15H19N3O2S. The summed E-state index contributed by atoms with van der Waals surface area (Å²) >= 11 is 1.56. The lowest BCUT2D eigenvalue weighted by Crippen LogP contribution is -2.53. The van der Waals surface area contributed by atoms with E-state index in [0.717, 1.165) is 17.7 Å². The molecule has 21 heavy (non-hydrogen) atoms. The molecule has 5 nitrogen and oxygen atoms in total. The van der Waals surface area contributed by atoms with Crippen molar-refractivity contribution in [3.05, 3.63) is 29.5 Å². The van der Waals surface area contributed by atoms with Crippen molar-refractivity contribution >= 4 is 17.2 Å². The Bertz CT molecular complexity index is 619. The number of amides is 1. The van der Waals surface area contributed by atoms with Gasteiger partial charge in [-0.25, -0.2) is 4.98 Å². The van der Waals surface area contributed by atoms with Crippen molar-refractivity contribution in [1.82, 2.24) is 10.3 Å². The van der Waals surface area contributed by atoms with E-state index in [1.807, 2.05) is 24.4 Å². The van der Waals surface area contributed by atoms with Gasteiger partial charge in [-0.15, -0.1) is 11.3 Å². The summed E-state index contributed by atoms with van der Waals surface area (Å²) in [5, 5.41) is 5.02. The first kappa shape index (κ1) is 14.3. The molecular weight excluding hydrogens is 286 g/mol. The molecule has 1 unspecified atom stereocenters. The Morgan fingerprint density at radius 1 is 1.62 bits per heavy atom. The number of nitrogens with two attached hydrogens (primary N) is 1. The van der Waals surface area contributed by atoms with Crippen molar-refractivity contribution in [2.45, 2.75) is 31.7 Å². The van der Waals surface area contributed by atoms with Gasteiger partial charge in [-0.1, -0.05) is 6.07 Å². The summed E-state index contributed by atoms with van der Waals surface area (Å²) in [5.74, 6) is 1.02. The third kappa shape index (κ3) is 3.16. The van der Waals surface area contributed by atoms with Gasteiger partial charge in [0, 0.05) is 6.54 Å². The Labute approximate surface area is 127 Å². The number of nitrogens with one attached hydrogen (secondary N) is 1. The molecule has 0 aliphatic heterocycles. The van der Waals surface area contributed by atoms with E-state index in [1.165, 1.54) is 0 Å². The zero-order chi connectivity index (χ0) is 14.9. The van der Waals surface area contributed by atoms with Crippen molar-refractivity contribution in [2.75, 3.05) is 6.54 Å². The molecule has 2 heterocycles. The molecule has 1 aliphatic carbocycles. The predicted molar refractivity (Wildman–Crippen MR) is 81.8 cm³/mol. The summed E-state index contributed by atoms with van der Waals surface area (Å²) in [6.45, 7) is 2.48. The van der Waals surface area contributed by atoms with Crippen LogP contribution in [-0.2, 0) is 11.2 Å². The molecule has 0 radical (unpaired) electrons. The van der Waals surface area contributed by atoms with Gasteiger partial charge in [0.2, 0.25) is 11.8 Å². The van der Waals surface area contributed by atoms with Gasteiger partial charge in [-0.05, 0) is 37.1 Å². The minimum atomic E-state index is -0.294. The van der Waals surface area contributed by atoms with Crippen molar-refractivity contribution in [2.24, 2.45) is 11.7 Å². The monoisotopic (exact) mass is 305 g/mol. The second kappa shape index (κ2) is 5.61. The molecule has 0 bridgehead atoms. The number of carbonyl (C=O) groups excluding carboxylic acids is 1. The average molecular weight is 305 g/mol. The molecule has 3 rings (SSSR count). The van der Waals surface area contributed by atoms with Crippen molar-refractivity contribution in [3.8, 4) is 10.8 Å². The highest BCUT2D eigenvalue weighted by molar-refractivity contribution is 7.13. The van der Waals surface area contributed by atoms with E-state index in [9.17, 15) is 4.79 Å². The number of aromatic nitrogens is 1. The van der Waals surface area contributed by atoms with Gasteiger partial charge in [0.25, 0.3) is 0 Å². The van der Waals surface area contributed by atoms with Crippen LogP contribution in [0.25, 0.3) is 10.8 Å². The molecule has 1 saturated carbocycles. The normalized spacial score (nSPS) is 17.4. The van der Waals surface area contributed by atoms with Gasteiger partial charge in [0.1, 0.15) is 6.26 Å². The molecule has 1 aliphatic rings. The second-order valence-corrected chi connectivity index (χ2v) is 6.69. The van der Waals surface area contributed by atoms with Crippen molar-refractivity contribution < 1.29 is 9.21 Å². The van der Waals surface area contributed by atoms with E-state index in [4.69, 9.17) is 10.2 Å². The van der Waals surface area contributed by atoms with Crippen LogP contribution in [0.3, 0.4) is 0 Å². The Balaban J connectivity index is 1.62. The number of carbonyl (C=O) groups is 1. The van der Waals surface area contributed by atoms with Gasteiger partial charge in [0.05, 0.1) is 22.5 Å². The van der Waals surface area contributed by atoms with Crippen LogP contribution >= 0.6 is 11.3 Å². The first-order valence-corrected chi connectivity index (χ1v) is 7.98. The number of rotatable bonds is 6. The highest BCUT2D eigenvalue weighted by atomic mass is 32.1. The molecule has 1 atom stereocenters. The first-order valence-electron chi connectivity index (χ1n) is 7.10. The fraction of sp³-hybridized carbons (Fsp3) is 0.467. The third-order valence-electron chi connectivity index (χ3n) is 3.95. The summed E-state index contributed by atoms with van der Waals surface area (Å²) in [4.78, 5) is 17.5. The summed E-state index contributed by atoms with van der Waals surface area (Å²) in [6, 6.07) is 3.89. The Hall–Kier alpha value is -1.66. The van der Waals surface area contributed by atoms with Gasteiger partial charge < -0.3 is 15.5 Å². The van der Waals surface area contributed by atoms with E-state index in [0.29, 0.717) is 24.0 Å². The van der Waals surface area contributed by atoms with Crippen molar-refractivity contribution in [3.63, 3.8) is 0 Å². The van der Waals surface area contributed by atoms with Crippen LogP contribution in [0, 0.1) is 5.92 Å². The van der Waals surface area contributed by atoms with E-state index < -0.39 is 0 Å². The lowest BCUT2D eigenvalue weighted by molar-refractivity contribution is -0.122.